The minimum absolute atomic E-state index is 0.329. The molecular weight excluding hydrogens is 194 g/mol. The summed E-state index contributed by atoms with van der Waals surface area (Å²) < 4.78 is 10.1. The van der Waals surface area contributed by atoms with Crippen LogP contribution in [0.15, 0.2) is 28.9 Å². The summed E-state index contributed by atoms with van der Waals surface area (Å²) in [7, 11) is 1.57. The Bertz CT molecular complexity index is 453. The maximum Gasteiger partial charge on any atom is 0.222 e. The molecule has 2 heterocycles. The van der Waals surface area contributed by atoms with Crippen molar-refractivity contribution in [3.63, 3.8) is 0 Å². The zero-order valence-electron chi connectivity index (χ0n) is 8.30. The number of rotatable bonds is 3. The van der Waals surface area contributed by atoms with E-state index in [0.29, 0.717) is 23.9 Å². The van der Waals surface area contributed by atoms with Gasteiger partial charge in [-0.3, -0.25) is 0 Å². The zero-order valence-corrected chi connectivity index (χ0v) is 8.30. The minimum atomic E-state index is 0.329. The maximum atomic E-state index is 5.43. The summed E-state index contributed by atoms with van der Waals surface area (Å²) >= 11 is 0. The molecule has 2 rings (SSSR count). The normalized spacial score (nSPS) is 10.3. The van der Waals surface area contributed by atoms with Crippen molar-refractivity contribution in [2.45, 2.75) is 6.54 Å². The third-order valence-electron chi connectivity index (χ3n) is 2.00. The lowest BCUT2D eigenvalue weighted by Gasteiger charge is -2.02. The monoisotopic (exact) mass is 205 g/mol. The van der Waals surface area contributed by atoms with E-state index in [9.17, 15) is 0 Å². The molecule has 5 heteroatoms. The minimum Gasteiger partial charge on any atom is -0.481 e. The predicted octanol–water partition coefficient (Wildman–Crippen LogP) is 1.20. The van der Waals surface area contributed by atoms with Gasteiger partial charge in [-0.05, 0) is 12.1 Å². The molecule has 0 fully saturated rings. The van der Waals surface area contributed by atoms with Gasteiger partial charge in [-0.1, -0.05) is 5.16 Å². The first-order valence-electron chi connectivity index (χ1n) is 4.50. The van der Waals surface area contributed by atoms with Crippen molar-refractivity contribution >= 4 is 0 Å². The highest BCUT2D eigenvalue weighted by Gasteiger charge is 2.10. The van der Waals surface area contributed by atoms with Crippen molar-refractivity contribution in [2.24, 2.45) is 5.73 Å². The van der Waals surface area contributed by atoms with Crippen LogP contribution < -0.4 is 10.5 Å². The number of aromatic nitrogens is 2. The molecule has 5 nitrogen and oxygen atoms in total. The molecule has 0 radical (unpaired) electrons. The third-order valence-corrected chi connectivity index (χ3v) is 2.00. The van der Waals surface area contributed by atoms with E-state index in [4.69, 9.17) is 15.0 Å². The van der Waals surface area contributed by atoms with E-state index in [1.807, 2.05) is 12.1 Å². The molecular formula is C10H11N3O2. The molecule has 0 saturated heterocycles. The molecule has 0 atom stereocenters. The van der Waals surface area contributed by atoms with Gasteiger partial charge in [0.25, 0.3) is 0 Å². The lowest BCUT2D eigenvalue weighted by molar-refractivity contribution is 0.384. The Hall–Kier alpha value is -1.88. The quantitative estimate of drug-likeness (QED) is 0.815. The summed E-state index contributed by atoms with van der Waals surface area (Å²) in [6, 6.07) is 5.46. The summed E-state index contributed by atoms with van der Waals surface area (Å²) in [5, 5.41) is 3.89. The molecule has 78 valence electrons. The van der Waals surface area contributed by atoms with Crippen LogP contribution in [0.2, 0.25) is 0 Å². The molecule has 0 aliphatic carbocycles. The van der Waals surface area contributed by atoms with Crippen molar-refractivity contribution < 1.29 is 9.26 Å². The Morgan fingerprint density at radius 2 is 2.40 bits per heavy atom. The second-order valence-electron chi connectivity index (χ2n) is 2.94. The molecule has 2 aromatic heterocycles. The van der Waals surface area contributed by atoms with Crippen molar-refractivity contribution in [2.75, 3.05) is 7.11 Å². The number of nitrogens with two attached hydrogens (primary N) is 1. The average molecular weight is 205 g/mol. The van der Waals surface area contributed by atoms with Gasteiger partial charge in [0.15, 0.2) is 5.76 Å². The Morgan fingerprint density at radius 1 is 1.53 bits per heavy atom. The van der Waals surface area contributed by atoms with E-state index < -0.39 is 0 Å². The molecule has 2 aromatic rings. The van der Waals surface area contributed by atoms with Crippen LogP contribution in [0.4, 0.5) is 0 Å². The van der Waals surface area contributed by atoms with Gasteiger partial charge in [-0.15, -0.1) is 0 Å². The first kappa shape index (κ1) is 9.67. The Balaban J connectivity index is 2.44. The van der Waals surface area contributed by atoms with E-state index in [0.717, 1.165) is 5.56 Å². The Morgan fingerprint density at radius 3 is 3.07 bits per heavy atom. The van der Waals surface area contributed by atoms with Gasteiger partial charge in [-0.25, -0.2) is 4.98 Å². The lowest BCUT2D eigenvalue weighted by atomic mass is 10.2. The molecule has 0 unspecified atom stereocenters. The van der Waals surface area contributed by atoms with Crippen molar-refractivity contribution in [1.82, 2.24) is 10.1 Å². The van der Waals surface area contributed by atoms with E-state index in [-0.39, 0.29) is 0 Å². The van der Waals surface area contributed by atoms with Crippen LogP contribution >= 0.6 is 0 Å². The van der Waals surface area contributed by atoms with Gasteiger partial charge < -0.3 is 15.0 Å². The first-order chi connectivity index (χ1) is 7.35. The standard InChI is InChI=1S/C10H11N3O2/c1-14-10-8(3-2-4-12-10)9-5-7(6-11)15-13-9/h2-5H,6,11H2,1H3. The fourth-order valence-corrected chi connectivity index (χ4v) is 1.28. The highest BCUT2D eigenvalue weighted by atomic mass is 16.5. The van der Waals surface area contributed by atoms with E-state index >= 15 is 0 Å². The molecule has 0 aromatic carbocycles. The number of hydrogen-bond acceptors (Lipinski definition) is 5. The molecule has 0 aliphatic rings. The molecule has 0 bridgehead atoms. The van der Waals surface area contributed by atoms with Crippen LogP contribution in [0.25, 0.3) is 11.3 Å². The lowest BCUT2D eigenvalue weighted by Crippen LogP contribution is -1.93. The van der Waals surface area contributed by atoms with Gasteiger partial charge in [0.2, 0.25) is 5.88 Å². The number of ether oxygens (including phenoxy) is 1. The molecule has 0 aliphatic heterocycles. The summed E-state index contributed by atoms with van der Waals surface area (Å²) in [4.78, 5) is 4.07. The van der Waals surface area contributed by atoms with E-state index in [2.05, 4.69) is 10.1 Å². The summed E-state index contributed by atoms with van der Waals surface area (Å²) in [5.41, 5.74) is 6.91. The van der Waals surface area contributed by atoms with E-state index in [1.165, 1.54) is 0 Å². The molecule has 2 N–H and O–H groups in total. The van der Waals surface area contributed by atoms with E-state index in [1.54, 1.807) is 19.4 Å². The Labute approximate surface area is 86.9 Å². The number of nitrogens with zero attached hydrogens (tertiary/aromatic N) is 2. The number of pyridine rings is 1. The highest BCUT2D eigenvalue weighted by molar-refractivity contribution is 5.64. The fourth-order valence-electron chi connectivity index (χ4n) is 1.28. The van der Waals surface area contributed by atoms with Crippen LogP contribution in [-0.2, 0) is 6.54 Å². The van der Waals surface area contributed by atoms with Gasteiger partial charge in [0.1, 0.15) is 5.69 Å². The summed E-state index contributed by atoms with van der Waals surface area (Å²) in [6.07, 6.45) is 1.66. The van der Waals surface area contributed by atoms with Gasteiger partial charge in [-0.2, -0.15) is 0 Å². The molecule has 0 saturated carbocycles. The first-order valence-corrected chi connectivity index (χ1v) is 4.50. The van der Waals surface area contributed by atoms with Crippen molar-refractivity contribution in [3.8, 4) is 17.1 Å². The molecule has 15 heavy (non-hydrogen) atoms. The zero-order chi connectivity index (χ0) is 10.7. The van der Waals surface area contributed by atoms with Gasteiger partial charge >= 0.3 is 0 Å². The largest absolute Gasteiger partial charge is 0.481 e. The highest BCUT2D eigenvalue weighted by Crippen LogP contribution is 2.26. The summed E-state index contributed by atoms with van der Waals surface area (Å²) in [6.45, 7) is 0.329. The third kappa shape index (κ3) is 1.82. The molecule has 0 spiro atoms. The van der Waals surface area contributed by atoms with Crippen molar-refractivity contribution in [3.05, 3.63) is 30.2 Å². The van der Waals surface area contributed by atoms with Crippen LogP contribution in [0.3, 0.4) is 0 Å². The van der Waals surface area contributed by atoms with Gasteiger partial charge in [0, 0.05) is 12.3 Å². The van der Waals surface area contributed by atoms with Crippen LogP contribution in [0.5, 0.6) is 5.88 Å². The smallest absolute Gasteiger partial charge is 0.222 e. The predicted molar refractivity (Wildman–Crippen MR) is 54.2 cm³/mol. The van der Waals surface area contributed by atoms with Crippen LogP contribution in [0, 0.1) is 0 Å². The van der Waals surface area contributed by atoms with Crippen LogP contribution in [0.1, 0.15) is 5.76 Å². The summed E-state index contributed by atoms with van der Waals surface area (Å²) in [5.74, 6) is 1.16. The average Bonchev–Trinajstić information content (AvgIpc) is 2.77. The maximum absolute atomic E-state index is 5.43. The van der Waals surface area contributed by atoms with Crippen LogP contribution in [-0.4, -0.2) is 17.3 Å². The Kier molecular flexibility index (Phi) is 2.64. The van der Waals surface area contributed by atoms with Crippen molar-refractivity contribution in [1.29, 1.82) is 0 Å². The van der Waals surface area contributed by atoms with Gasteiger partial charge in [0.05, 0.1) is 19.2 Å². The number of hydrogen-bond donors (Lipinski definition) is 1. The second-order valence-corrected chi connectivity index (χ2v) is 2.94. The molecule has 0 amide bonds. The SMILES string of the molecule is COc1ncccc1-c1cc(CN)on1. The second kappa shape index (κ2) is 4.10. The number of methoxy groups -OCH3 is 1. The topological polar surface area (TPSA) is 74.2 Å². The fraction of sp³-hybridized carbons (Fsp3) is 0.200.